The van der Waals surface area contributed by atoms with Gasteiger partial charge in [0.15, 0.2) is 11.4 Å². The molecule has 128 valence electrons. The largest absolute Gasteiger partial charge is 0.363 e. The van der Waals surface area contributed by atoms with E-state index in [0.29, 0.717) is 12.0 Å². The van der Waals surface area contributed by atoms with Crippen molar-refractivity contribution >= 4 is 16.8 Å². The minimum Gasteiger partial charge on any atom is -0.363 e. The lowest BCUT2D eigenvalue weighted by Gasteiger charge is -2.40. The molecule has 1 atom stereocenters. The van der Waals surface area contributed by atoms with Crippen molar-refractivity contribution in [2.24, 2.45) is 11.3 Å². The highest BCUT2D eigenvalue weighted by Crippen LogP contribution is 2.37. The van der Waals surface area contributed by atoms with E-state index in [2.05, 4.69) is 51.2 Å². The zero-order chi connectivity index (χ0) is 16.9. The fourth-order valence-electron chi connectivity index (χ4n) is 3.53. The van der Waals surface area contributed by atoms with Crippen LogP contribution in [0.15, 0.2) is 28.8 Å². The highest BCUT2D eigenvalue weighted by Gasteiger charge is 2.34. The highest BCUT2D eigenvalue weighted by molar-refractivity contribution is 5.88. The van der Waals surface area contributed by atoms with Crippen molar-refractivity contribution in [3.63, 3.8) is 0 Å². The summed E-state index contributed by atoms with van der Waals surface area (Å²) in [5.74, 6) is 1.56. The Morgan fingerprint density at radius 1 is 1.09 bits per heavy atom. The standard InChI is InChI=1S/C20H32N2O/c1-6-11-15(12-7-2)18(20(4,5)8-3)21-19-16-13-9-10-14-17(16)23-22-19/h9-10,13-15,18H,6-8,11-12H2,1-5H3,(H,21,22). The van der Waals surface area contributed by atoms with Gasteiger partial charge in [0, 0.05) is 6.04 Å². The molecule has 1 aromatic heterocycles. The molecule has 3 nitrogen and oxygen atoms in total. The fourth-order valence-corrected chi connectivity index (χ4v) is 3.53. The average molecular weight is 316 g/mol. The Kier molecular flexibility index (Phi) is 6.09. The quantitative estimate of drug-likeness (QED) is 0.593. The van der Waals surface area contributed by atoms with Gasteiger partial charge in [-0.2, -0.15) is 0 Å². The Morgan fingerprint density at radius 3 is 2.35 bits per heavy atom. The van der Waals surface area contributed by atoms with Gasteiger partial charge in [0.1, 0.15) is 0 Å². The lowest BCUT2D eigenvalue weighted by Crippen LogP contribution is -2.42. The first kappa shape index (κ1) is 17.8. The van der Waals surface area contributed by atoms with E-state index in [1.54, 1.807) is 0 Å². The topological polar surface area (TPSA) is 38.1 Å². The number of aromatic nitrogens is 1. The third-order valence-electron chi connectivity index (χ3n) is 5.21. The molecule has 0 aliphatic rings. The summed E-state index contributed by atoms with van der Waals surface area (Å²) in [6, 6.07) is 8.49. The lowest BCUT2D eigenvalue weighted by atomic mass is 9.72. The molecule has 0 aliphatic carbocycles. The third kappa shape index (κ3) is 4.07. The molecular formula is C20H32N2O. The maximum Gasteiger partial charge on any atom is 0.177 e. The predicted molar refractivity (Wildman–Crippen MR) is 98.8 cm³/mol. The van der Waals surface area contributed by atoms with Crippen LogP contribution >= 0.6 is 0 Å². The number of rotatable bonds is 9. The van der Waals surface area contributed by atoms with Crippen LogP contribution in [0.5, 0.6) is 0 Å². The van der Waals surface area contributed by atoms with Gasteiger partial charge >= 0.3 is 0 Å². The third-order valence-corrected chi connectivity index (χ3v) is 5.21. The van der Waals surface area contributed by atoms with E-state index in [0.717, 1.165) is 23.2 Å². The first-order valence-electron chi connectivity index (χ1n) is 9.14. The maximum atomic E-state index is 5.48. The first-order valence-corrected chi connectivity index (χ1v) is 9.14. The number of anilines is 1. The first-order chi connectivity index (χ1) is 11.0. The lowest BCUT2D eigenvalue weighted by molar-refractivity contribution is 0.204. The van der Waals surface area contributed by atoms with Crippen molar-refractivity contribution in [2.75, 3.05) is 5.32 Å². The maximum absolute atomic E-state index is 5.48. The van der Waals surface area contributed by atoms with Crippen LogP contribution in [-0.4, -0.2) is 11.2 Å². The Labute approximate surface area is 140 Å². The second-order valence-corrected chi connectivity index (χ2v) is 7.33. The van der Waals surface area contributed by atoms with E-state index in [9.17, 15) is 0 Å². The van der Waals surface area contributed by atoms with Gasteiger partial charge in [0.25, 0.3) is 0 Å². The van der Waals surface area contributed by atoms with E-state index in [1.807, 2.05) is 18.2 Å². The number of hydrogen-bond donors (Lipinski definition) is 1. The molecule has 0 spiro atoms. The Bertz CT molecular complexity index is 596. The number of benzene rings is 1. The second kappa shape index (κ2) is 7.85. The summed E-state index contributed by atoms with van der Waals surface area (Å²) in [6.45, 7) is 11.6. The highest BCUT2D eigenvalue weighted by atomic mass is 16.5. The normalized spacial score (nSPS) is 13.7. The number of hydrogen-bond acceptors (Lipinski definition) is 3. The van der Waals surface area contributed by atoms with Crippen molar-refractivity contribution in [2.45, 2.75) is 72.8 Å². The molecule has 0 fully saturated rings. The molecule has 1 unspecified atom stereocenters. The van der Waals surface area contributed by atoms with Crippen LogP contribution in [0.25, 0.3) is 11.0 Å². The fraction of sp³-hybridized carbons (Fsp3) is 0.650. The molecule has 0 saturated carbocycles. The summed E-state index contributed by atoms with van der Waals surface area (Å²) in [6.07, 6.45) is 6.10. The van der Waals surface area contributed by atoms with Crippen molar-refractivity contribution in [1.29, 1.82) is 0 Å². The summed E-state index contributed by atoms with van der Waals surface area (Å²) in [7, 11) is 0. The van der Waals surface area contributed by atoms with Crippen molar-refractivity contribution in [3.05, 3.63) is 24.3 Å². The van der Waals surface area contributed by atoms with Crippen LogP contribution in [0.4, 0.5) is 5.82 Å². The number of nitrogens with zero attached hydrogens (tertiary/aromatic N) is 1. The van der Waals surface area contributed by atoms with Crippen LogP contribution in [0.1, 0.15) is 66.7 Å². The van der Waals surface area contributed by atoms with Crippen LogP contribution in [0.2, 0.25) is 0 Å². The van der Waals surface area contributed by atoms with Crippen molar-refractivity contribution < 1.29 is 4.52 Å². The van der Waals surface area contributed by atoms with Gasteiger partial charge in [-0.05, 0) is 42.7 Å². The number of para-hydroxylation sites is 1. The van der Waals surface area contributed by atoms with Gasteiger partial charge in [-0.25, -0.2) is 0 Å². The molecule has 0 amide bonds. The second-order valence-electron chi connectivity index (χ2n) is 7.33. The minimum atomic E-state index is 0.217. The molecule has 0 radical (unpaired) electrons. The monoisotopic (exact) mass is 316 g/mol. The van der Waals surface area contributed by atoms with Crippen molar-refractivity contribution in [1.82, 2.24) is 5.16 Å². The average Bonchev–Trinajstić information content (AvgIpc) is 2.95. The molecule has 2 aromatic rings. The minimum absolute atomic E-state index is 0.217. The molecule has 0 bridgehead atoms. The van der Waals surface area contributed by atoms with Gasteiger partial charge in [-0.3, -0.25) is 0 Å². The Balaban J connectivity index is 2.33. The summed E-state index contributed by atoms with van der Waals surface area (Å²) < 4.78 is 5.48. The molecular weight excluding hydrogens is 284 g/mol. The summed E-state index contributed by atoms with van der Waals surface area (Å²) in [5, 5.41) is 9.14. The van der Waals surface area contributed by atoms with E-state index in [-0.39, 0.29) is 5.41 Å². The number of nitrogens with one attached hydrogen (secondary N) is 1. The van der Waals surface area contributed by atoms with E-state index >= 15 is 0 Å². The molecule has 0 saturated heterocycles. The van der Waals surface area contributed by atoms with Crippen molar-refractivity contribution in [3.8, 4) is 0 Å². The summed E-state index contributed by atoms with van der Waals surface area (Å²) in [4.78, 5) is 0. The zero-order valence-electron chi connectivity index (χ0n) is 15.4. The van der Waals surface area contributed by atoms with E-state index in [1.165, 1.54) is 25.7 Å². The number of fused-ring (bicyclic) bond motifs is 1. The SMILES string of the molecule is CCCC(CCC)C(Nc1noc2ccccc12)C(C)(C)CC. The van der Waals surface area contributed by atoms with Gasteiger partial charge in [-0.1, -0.05) is 64.7 Å². The van der Waals surface area contributed by atoms with Gasteiger partial charge in [0.2, 0.25) is 0 Å². The smallest absolute Gasteiger partial charge is 0.177 e. The Hall–Kier alpha value is -1.51. The molecule has 1 N–H and O–H groups in total. The van der Waals surface area contributed by atoms with Crippen LogP contribution in [0, 0.1) is 11.3 Å². The van der Waals surface area contributed by atoms with Gasteiger partial charge in [-0.15, -0.1) is 0 Å². The van der Waals surface area contributed by atoms with Gasteiger partial charge in [0.05, 0.1) is 5.39 Å². The summed E-state index contributed by atoms with van der Waals surface area (Å²) >= 11 is 0. The zero-order valence-corrected chi connectivity index (χ0v) is 15.4. The molecule has 1 aromatic carbocycles. The van der Waals surface area contributed by atoms with Crippen LogP contribution < -0.4 is 5.32 Å². The molecule has 2 rings (SSSR count). The van der Waals surface area contributed by atoms with Crippen LogP contribution in [0.3, 0.4) is 0 Å². The molecule has 0 aliphatic heterocycles. The van der Waals surface area contributed by atoms with Crippen LogP contribution in [-0.2, 0) is 0 Å². The molecule has 23 heavy (non-hydrogen) atoms. The predicted octanol–water partition coefficient (Wildman–Crippen LogP) is 6.26. The molecule has 1 heterocycles. The van der Waals surface area contributed by atoms with Gasteiger partial charge < -0.3 is 9.84 Å². The summed E-state index contributed by atoms with van der Waals surface area (Å²) in [5.41, 5.74) is 1.07. The molecule has 3 heteroatoms. The van der Waals surface area contributed by atoms with E-state index < -0.39 is 0 Å². The van der Waals surface area contributed by atoms with E-state index in [4.69, 9.17) is 4.52 Å². The Morgan fingerprint density at radius 2 is 1.74 bits per heavy atom.